The largest absolute Gasteiger partial charge is 0.495 e. The Morgan fingerprint density at radius 3 is 2.71 bits per heavy atom. The molecular weight excluding hydrogens is 297 g/mol. The van der Waals surface area contributed by atoms with Gasteiger partial charge in [0.2, 0.25) is 0 Å². The number of sulfonamides is 1. The number of nitrogens with two attached hydrogens (primary N) is 1. The lowest BCUT2D eigenvalue weighted by Gasteiger charge is -2.12. The van der Waals surface area contributed by atoms with E-state index < -0.39 is 15.8 Å². The van der Waals surface area contributed by atoms with E-state index in [0.717, 1.165) is 24.0 Å². The molecule has 0 spiro atoms. The Balaban J connectivity index is 2.37. The van der Waals surface area contributed by atoms with Crippen molar-refractivity contribution in [2.75, 3.05) is 11.8 Å². The Labute approximate surface area is 121 Å². The maximum atomic E-state index is 13.1. The van der Waals surface area contributed by atoms with E-state index in [-0.39, 0.29) is 10.6 Å². The van der Waals surface area contributed by atoms with Crippen molar-refractivity contribution in [2.24, 2.45) is 5.73 Å². The number of hydrogen-bond donors (Lipinski definition) is 2. The first kappa shape index (κ1) is 15.2. The van der Waals surface area contributed by atoms with E-state index in [0.29, 0.717) is 12.3 Å². The molecule has 0 aliphatic heterocycles. The molecule has 0 amide bonds. The third-order valence-electron chi connectivity index (χ3n) is 2.74. The Morgan fingerprint density at radius 1 is 1.33 bits per heavy atom. The lowest BCUT2D eigenvalue weighted by molar-refractivity contribution is 0.416. The first-order valence-electron chi connectivity index (χ1n) is 5.96. The molecule has 0 aliphatic rings. The lowest BCUT2D eigenvalue weighted by atomic mass is 10.2. The maximum absolute atomic E-state index is 13.1. The Kier molecular flexibility index (Phi) is 4.39. The van der Waals surface area contributed by atoms with Crippen LogP contribution in [-0.2, 0) is 16.6 Å². The predicted molar refractivity (Wildman–Crippen MR) is 75.9 cm³/mol. The minimum atomic E-state index is -3.95. The smallest absolute Gasteiger partial charge is 0.263 e. The Morgan fingerprint density at radius 2 is 2.10 bits per heavy atom. The number of hydrogen-bond acceptors (Lipinski definition) is 5. The summed E-state index contributed by atoms with van der Waals surface area (Å²) >= 11 is 0. The number of nitrogens with zero attached hydrogens (tertiary/aromatic N) is 1. The predicted octanol–water partition coefficient (Wildman–Crippen LogP) is 1.49. The first-order valence-corrected chi connectivity index (χ1v) is 7.45. The molecule has 1 heterocycles. The third-order valence-corrected chi connectivity index (χ3v) is 4.07. The van der Waals surface area contributed by atoms with Crippen LogP contribution in [0.5, 0.6) is 5.75 Å². The highest BCUT2D eigenvalue weighted by atomic mass is 32.2. The molecule has 2 rings (SSSR count). The summed E-state index contributed by atoms with van der Waals surface area (Å²) in [6.45, 7) is 0.303. The average molecular weight is 311 g/mol. The topological polar surface area (TPSA) is 94.3 Å². The summed E-state index contributed by atoms with van der Waals surface area (Å²) in [7, 11) is -2.54. The molecule has 3 N–H and O–H groups in total. The average Bonchev–Trinajstić information content (AvgIpc) is 2.47. The van der Waals surface area contributed by atoms with Gasteiger partial charge in [-0.05, 0) is 23.8 Å². The highest BCUT2D eigenvalue weighted by Crippen LogP contribution is 2.27. The summed E-state index contributed by atoms with van der Waals surface area (Å²) in [4.78, 5) is 3.25. The number of benzene rings is 1. The van der Waals surface area contributed by atoms with Crippen molar-refractivity contribution in [2.45, 2.75) is 11.4 Å². The van der Waals surface area contributed by atoms with E-state index in [1.807, 2.05) is 0 Å². The van der Waals surface area contributed by atoms with Crippen molar-refractivity contribution in [3.8, 4) is 5.75 Å². The molecule has 0 unspecified atom stereocenters. The monoisotopic (exact) mass is 311 g/mol. The molecule has 0 saturated heterocycles. The zero-order valence-corrected chi connectivity index (χ0v) is 12.0. The van der Waals surface area contributed by atoms with E-state index in [4.69, 9.17) is 10.5 Å². The molecule has 1 aromatic heterocycles. The molecule has 0 atom stereocenters. The summed E-state index contributed by atoms with van der Waals surface area (Å²) < 4.78 is 44.9. The summed E-state index contributed by atoms with van der Waals surface area (Å²) in [6, 6.07) is 5.72. The van der Waals surface area contributed by atoms with Gasteiger partial charge in [-0.3, -0.25) is 9.71 Å². The molecule has 6 nitrogen and oxygen atoms in total. The van der Waals surface area contributed by atoms with Gasteiger partial charge in [-0.1, -0.05) is 6.07 Å². The van der Waals surface area contributed by atoms with Gasteiger partial charge < -0.3 is 10.5 Å². The molecule has 1 aromatic carbocycles. The van der Waals surface area contributed by atoms with E-state index in [9.17, 15) is 12.8 Å². The number of aromatic nitrogens is 1. The van der Waals surface area contributed by atoms with Gasteiger partial charge in [0.25, 0.3) is 10.0 Å². The van der Waals surface area contributed by atoms with Crippen molar-refractivity contribution in [3.05, 3.63) is 48.0 Å². The molecule has 0 aliphatic carbocycles. The normalized spacial score (nSPS) is 11.2. The van der Waals surface area contributed by atoms with Crippen LogP contribution in [-0.4, -0.2) is 20.5 Å². The maximum Gasteiger partial charge on any atom is 0.263 e. The molecule has 0 radical (unpaired) electrons. The van der Waals surface area contributed by atoms with Crippen LogP contribution in [0.4, 0.5) is 10.1 Å². The molecule has 2 aromatic rings. The Bertz CT molecular complexity index is 750. The number of rotatable bonds is 5. The van der Waals surface area contributed by atoms with Crippen LogP contribution in [0.2, 0.25) is 0 Å². The quantitative estimate of drug-likeness (QED) is 0.872. The van der Waals surface area contributed by atoms with Crippen molar-refractivity contribution < 1.29 is 17.5 Å². The number of pyridine rings is 1. The molecule has 0 saturated carbocycles. The first-order chi connectivity index (χ1) is 9.96. The van der Waals surface area contributed by atoms with Crippen LogP contribution in [0.15, 0.2) is 41.6 Å². The SMILES string of the molecule is COc1cc(CN)ccc1NS(=O)(=O)c1cncc(F)c1. The standard InChI is InChI=1S/C13H14FN3O3S/c1-20-13-4-9(6-15)2-3-12(13)17-21(18,19)11-5-10(14)7-16-8-11/h2-5,7-8,17H,6,15H2,1H3. The van der Waals surface area contributed by atoms with Gasteiger partial charge in [0.15, 0.2) is 0 Å². The van der Waals surface area contributed by atoms with Gasteiger partial charge in [0.1, 0.15) is 16.5 Å². The van der Waals surface area contributed by atoms with Gasteiger partial charge in [0, 0.05) is 12.7 Å². The molecule has 8 heteroatoms. The van der Waals surface area contributed by atoms with E-state index >= 15 is 0 Å². The van der Waals surface area contributed by atoms with Crippen molar-refractivity contribution in [1.29, 1.82) is 0 Å². The molecule has 0 bridgehead atoms. The summed E-state index contributed by atoms with van der Waals surface area (Å²) in [5, 5.41) is 0. The van der Waals surface area contributed by atoms with Crippen LogP contribution in [0.25, 0.3) is 0 Å². The number of methoxy groups -OCH3 is 1. The van der Waals surface area contributed by atoms with Crippen LogP contribution < -0.4 is 15.2 Å². The number of anilines is 1. The fourth-order valence-electron chi connectivity index (χ4n) is 1.69. The highest BCUT2D eigenvalue weighted by molar-refractivity contribution is 7.92. The second-order valence-electron chi connectivity index (χ2n) is 4.18. The zero-order chi connectivity index (χ0) is 15.5. The minimum Gasteiger partial charge on any atom is -0.495 e. The highest BCUT2D eigenvalue weighted by Gasteiger charge is 2.17. The van der Waals surface area contributed by atoms with E-state index in [1.165, 1.54) is 13.2 Å². The lowest BCUT2D eigenvalue weighted by Crippen LogP contribution is -2.14. The van der Waals surface area contributed by atoms with Crippen LogP contribution in [0.3, 0.4) is 0 Å². The van der Waals surface area contributed by atoms with Gasteiger partial charge in [-0.15, -0.1) is 0 Å². The van der Waals surface area contributed by atoms with Crippen LogP contribution in [0, 0.1) is 5.82 Å². The molecular formula is C13H14FN3O3S. The number of nitrogens with one attached hydrogen (secondary N) is 1. The summed E-state index contributed by atoms with van der Waals surface area (Å²) in [5.41, 5.74) is 6.54. The second-order valence-corrected chi connectivity index (χ2v) is 5.87. The van der Waals surface area contributed by atoms with Crippen molar-refractivity contribution in [1.82, 2.24) is 4.98 Å². The third kappa shape index (κ3) is 3.47. The minimum absolute atomic E-state index is 0.235. The zero-order valence-electron chi connectivity index (χ0n) is 11.2. The van der Waals surface area contributed by atoms with Crippen LogP contribution in [0.1, 0.15) is 5.56 Å². The molecule has 112 valence electrons. The fourth-order valence-corrected chi connectivity index (χ4v) is 2.73. The molecule has 0 fully saturated rings. The van der Waals surface area contributed by atoms with Gasteiger partial charge >= 0.3 is 0 Å². The van der Waals surface area contributed by atoms with Gasteiger partial charge in [-0.25, -0.2) is 12.8 Å². The Hall–Kier alpha value is -2.19. The summed E-state index contributed by atoms with van der Waals surface area (Å²) in [5.74, 6) is -0.408. The van der Waals surface area contributed by atoms with Crippen LogP contribution >= 0.6 is 0 Å². The summed E-state index contributed by atoms with van der Waals surface area (Å²) in [6.07, 6.45) is 1.99. The van der Waals surface area contributed by atoms with E-state index in [1.54, 1.807) is 12.1 Å². The van der Waals surface area contributed by atoms with Gasteiger partial charge in [-0.2, -0.15) is 0 Å². The number of halogens is 1. The fraction of sp³-hybridized carbons (Fsp3) is 0.154. The van der Waals surface area contributed by atoms with Crippen molar-refractivity contribution in [3.63, 3.8) is 0 Å². The van der Waals surface area contributed by atoms with Crippen molar-refractivity contribution >= 4 is 15.7 Å². The van der Waals surface area contributed by atoms with Gasteiger partial charge in [0.05, 0.1) is 19.0 Å². The molecule has 21 heavy (non-hydrogen) atoms. The van der Waals surface area contributed by atoms with E-state index in [2.05, 4.69) is 9.71 Å². The number of ether oxygens (including phenoxy) is 1. The second kappa shape index (κ2) is 6.06.